The number of hydrogen-bond acceptors (Lipinski definition) is 14. The van der Waals surface area contributed by atoms with Crippen LogP contribution < -0.4 is 19.5 Å². The van der Waals surface area contributed by atoms with Crippen molar-refractivity contribution in [3.05, 3.63) is 102 Å². The number of ether oxygens (including phenoxy) is 5. The van der Waals surface area contributed by atoms with E-state index >= 15 is 0 Å². The zero-order valence-corrected chi connectivity index (χ0v) is 42.9. The van der Waals surface area contributed by atoms with Crippen molar-refractivity contribution in [1.29, 1.82) is 5.26 Å². The number of rotatable bonds is 21. The molecule has 1 saturated heterocycles. The van der Waals surface area contributed by atoms with Crippen molar-refractivity contribution in [3.8, 4) is 23.4 Å². The summed E-state index contributed by atoms with van der Waals surface area (Å²) in [5.74, 6) is 1.25. The van der Waals surface area contributed by atoms with Gasteiger partial charge in [0.05, 0.1) is 53.4 Å². The average Bonchev–Trinajstić information content (AvgIpc) is 3.86. The van der Waals surface area contributed by atoms with E-state index in [4.69, 9.17) is 47.1 Å². The van der Waals surface area contributed by atoms with Crippen LogP contribution in [-0.4, -0.2) is 103 Å². The Morgan fingerprint density at radius 3 is 1.97 bits per heavy atom. The first-order valence-electron chi connectivity index (χ1n) is 22.5. The number of methoxy groups -OCH3 is 3. The van der Waals surface area contributed by atoms with Crippen LogP contribution in [0.2, 0.25) is 18.1 Å². The summed E-state index contributed by atoms with van der Waals surface area (Å²) >= 11 is 0. The van der Waals surface area contributed by atoms with Gasteiger partial charge >= 0.3 is 0 Å². The first kappa shape index (κ1) is 51.4. The molecule has 360 valence electrons. The van der Waals surface area contributed by atoms with Gasteiger partial charge in [0.25, 0.3) is 8.53 Å². The molecule has 16 nitrogen and oxygen atoms in total. The Morgan fingerprint density at radius 2 is 1.46 bits per heavy atom. The van der Waals surface area contributed by atoms with Gasteiger partial charge in [-0.15, -0.1) is 0 Å². The fraction of sp³-hybridized carbons (Fsp3) is 0.490. The number of nitrogens with zero attached hydrogens (tertiary/aromatic N) is 6. The standard InChI is InChI=1S/C49H66N7O9PSi/c1-32(2)56(33(3)4)66(62-29-17-28-50)64-42-40(30-61-49(35-18-15-14-16-19-35,36-20-24-38(58-9)25-21-36)37-22-26-39(59-10)27-23-37)63-46(43(42)65-67(12,13)48(6,7)8)55-31-51-41-44(55)53-47(52-34(5)57)54-45(41)60-11/h14-16,18-27,31-33,40,42-43,46H,17,29-30H2,1-13H3,(H,52,53,54,57)/t40-,42-,43-,46-,66?/m1/s1. The van der Waals surface area contributed by atoms with E-state index in [-0.39, 0.29) is 54.5 Å². The summed E-state index contributed by atoms with van der Waals surface area (Å²) in [4.78, 5) is 26.2. The second kappa shape index (κ2) is 21.9. The van der Waals surface area contributed by atoms with Crippen LogP contribution in [0.5, 0.6) is 17.4 Å². The van der Waals surface area contributed by atoms with Gasteiger partial charge in [-0.2, -0.15) is 15.2 Å². The van der Waals surface area contributed by atoms with Gasteiger partial charge in [0.2, 0.25) is 17.7 Å². The van der Waals surface area contributed by atoms with Crippen molar-refractivity contribution >= 4 is 39.9 Å². The number of benzene rings is 3. The summed E-state index contributed by atoms with van der Waals surface area (Å²) in [6.45, 7) is 20.8. The number of amides is 1. The fourth-order valence-corrected chi connectivity index (χ4v) is 11.0. The summed E-state index contributed by atoms with van der Waals surface area (Å²) in [6, 6.07) is 28.0. The molecule has 5 atom stereocenters. The van der Waals surface area contributed by atoms with Crippen LogP contribution in [0, 0.1) is 11.3 Å². The minimum absolute atomic E-state index is 0.00519. The summed E-state index contributed by atoms with van der Waals surface area (Å²) < 4.78 is 57.2. The topological polar surface area (TPSA) is 174 Å². The monoisotopic (exact) mass is 955 g/mol. The molecule has 0 radical (unpaired) electrons. The van der Waals surface area contributed by atoms with E-state index < -0.39 is 47.0 Å². The highest BCUT2D eigenvalue weighted by Gasteiger charge is 2.54. The van der Waals surface area contributed by atoms with Crippen molar-refractivity contribution < 1.29 is 42.0 Å². The zero-order valence-electron chi connectivity index (χ0n) is 41.0. The Balaban J connectivity index is 1.59. The number of aromatic nitrogens is 4. The van der Waals surface area contributed by atoms with E-state index in [2.05, 4.69) is 82.6 Å². The number of carbonyl (C=O) groups excluding carboxylic acids is 1. The highest BCUT2D eigenvalue weighted by atomic mass is 31.2. The second-order valence-corrected chi connectivity index (χ2v) is 24.6. The number of anilines is 1. The molecule has 0 saturated carbocycles. The third-order valence-corrected chi connectivity index (χ3v) is 18.8. The normalized spacial score (nSPS) is 18.4. The van der Waals surface area contributed by atoms with Gasteiger partial charge in [0.15, 0.2) is 25.7 Å². The molecule has 1 N–H and O–H groups in total. The van der Waals surface area contributed by atoms with Crippen LogP contribution in [0.25, 0.3) is 11.2 Å². The number of imidazole rings is 1. The number of carbonyl (C=O) groups is 1. The van der Waals surface area contributed by atoms with Crippen molar-refractivity contribution in [2.75, 3.05) is 39.9 Å². The van der Waals surface area contributed by atoms with Gasteiger partial charge < -0.3 is 37.2 Å². The SMILES string of the molecule is COc1ccc(C(OC[C@H]2O[C@@H](n3cnc4c(OC)nc(NC(C)=O)nc43)[C@H](O[Si](C)(C)C(C)(C)C)[C@@H]2OP(OCCC#N)N(C(C)C)C(C)C)(c2ccccc2)c2ccc(OC)cc2)cc1. The van der Waals surface area contributed by atoms with Crippen LogP contribution in [0.4, 0.5) is 5.95 Å². The Kier molecular flexibility index (Phi) is 16.8. The molecule has 1 amide bonds. The van der Waals surface area contributed by atoms with Gasteiger partial charge in [-0.05, 0) is 86.8 Å². The molecule has 1 aliphatic heterocycles. The summed E-state index contributed by atoms with van der Waals surface area (Å²) in [5.41, 5.74) is 2.06. The predicted molar refractivity (Wildman–Crippen MR) is 261 cm³/mol. The maximum absolute atomic E-state index is 12.3. The zero-order chi connectivity index (χ0) is 48.7. The number of hydrogen-bond donors (Lipinski definition) is 1. The summed E-state index contributed by atoms with van der Waals surface area (Å²) in [6.07, 6.45) is -1.55. The van der Waals surface area contributed by atoms with Crippen LogP contribution in [0.1, 0.15) is 84.7 Å². The van der Waals surface area contributed by atoms with Gasteiger partial charge in [-0.25, -0.2) is 9.65 Å². The van der Waals surface area contributed by atoms with Gasteiger partial charge in [0.1, 0.15) is 35.4 Å². The van der Waals surface area contributed by atoms with Crippen LogP contribution >= 0.6 is 8.53 Å². The Bertz CT molecular complexity index is 2390. The lowest BCUT2D eigenvalue weighted by Gasteiger charge is -2.42. The van der Waals surface area contributed by atoms with E-state index in [1.807, 2.05) is 78.9 Å². The number of nitriles is 1. The molecule has 0 aliphatic carbocycles. The fourth-order valence-electron chi connectivity index (χ4n) is 7.95. The lowest BCUT2D eigenvalue weighted by Crippen LogP contribution is -2.50. The molecule has 2 aromatic heterocycles. The Hall–Kier alpha value is -5.02. The molecule has 0 bridgehead atoms. The molecular formula is C49H66N7O9PSi. The highest BCUT2D eigenvalue weighted by Crippen LogP contribution is 2.53. The maximum Gasteiger partial charge on any atom is 0.259 e. The molecule has 3 heterocycles. The van der Waals surface area contributed by atoms with Gasteiger partial charge in [-0.1, -0.05) is 75.4 Å². The van der Waals surface area contributed by atoms with Crippen molar-refractivity contribution in [1.82, 2.24) is 24.2 Å². The molecule has 5 aromatic rings. The smallest absolute Gasteiger partial charge is 0.259 e. The minimum Gasteiger partial charge on any atom is -0.497 e. The lowest BCUT2D eigenvalue weighted by atomic mass is 9.80. The molecule has 1 fully saturated rings. The quantitative estimate of drug-likeness (QED) is 0.0319. The van der Waals surface area contributed by atoms with Crippen LogP contribution in [-0.2, 0) is 33.3 Å². The van der Waals surface area contributed by atoms with Crippen molar-refractivity contribution in [2.45, 2.75) is 122 Å². The Labute approximate surface area is 397 Å². The maximum atomic E-state index is 12.3. The van der Waals surface area contributed by atoms with Crippen LogP contribution in [0.3, 0.4) is 0 Å². The molecule has 6 rings (SSSR count). The molecule has 1 aliphatic rings. The molecule has 3 aromatic carbocycles. The van der Waals surface area contributed by atoms with Gasteiger partial charge in [0, 0.05) is 19.0 Å². The first-order valence-corrected chi connectivity index (χ1v) is 26.6. The highest BCUT2D eigenvalue weighted by molar-refractivity contribution is 7.44. The largest absolute Gasteiger partial charge is 0.497 e. The number of fused-ring (bicyclic) bond motifs is 1. The van der Waals surface area contributed by atoms with E-state index in [9.17, 15) is 10.1 Å². The minimum atomic E-state index is -2.67. The number of nitrogens with one attached hydrogen (secondary N) is 1. The van der Waals surface area contributed by atoms with E-state index in [1.165, 1.54) is 14.0 Å². The molecular weight excluding hydrogens is 890 g/mol. The van der Waals surface area contributed by atoms with Crippen molar-refractivity contribution in [3.63, 3.8) is 0 Å². The van der Waals surface area contributed by atoms with Crippen molar-refractivity contribution in [2.24, 2.45) is 0 Å². The van der Waals surface area contributed by atoms with E-state index in [0.717, 1.165) is 16.7 Å². The third kappa shape index (κ3) is 11.3. The Morgan fingerprint density at radius 1 is 0.881 bits per heavy atom. The molecule has 18 heteroatoms. The molecule has 67 heavy (non-hydrogen) atoms. The van der Waals surface area contributed by atoms with E-state index in [1.54, 1.807) is 25.1 Å². The van der Waals surface area contributed by atoms with Crippen LogP contribution in [0.15, 0.2) is 85.2 Å². The summed E-state index contributed by atoms with van der Waals surface area (Å²) in [5, 5.41) is 12.1. The average molecular weight is 956 g/mol. The molecule has 1 unspecified atom stereocenters. The first-order chi connectivity index (χ1) is 31.9. The second-order valence-electron chi connectivity index (χ2n) is 18.4. The van der Waals surface area contributed by atoms with Gasteiger partial charge in [-0.3, -0.25) is 14.7 Å². The third-order valence-electron chi connectivity index (χ3n) is 12.2. The summed E-state index contributed by atoms with van der Waals surface area (Å²) in [7, 11) is 0.271. The predicted octanol–water partition coefficient (Wildman–Crippen LogP) is 9.77. The van der Waals surface area contributed by atoms with E-state index in [0.29, 0.717) is 22.7 Å². The molecule has 0 spiro atoms. The lowest BCUT2D eigenvalue weighted by molar-refractivity contribution is -0.114.